The minimum absolute atomic E-state index is 0.140. The number of carbonyl (C=O) groups excluding carboxylic acids is 1. The molecular formula is C12H15FN2O3. The van der Waals surface area contributed by atoms with Gasteiger partial charge in [-0.1, -0.05) is 0 Å². The molecule has 1 aliphatic heterocycles. The monoisotopic (exact) mass is 254 g/mol. The van der Waals surface area contributed by atoms with Gasteiger partial charge in [-0.3, -0.25) is 4.79 Å². The van der Waals surface area contributed by atoms with Crippen molar-refractivity contribution in [2.45, 2.75) is 19.1 Å². The summed E-state index contributed by atoms with van der Waals surface area (Å²) in [7, 11) is 0. The number of aliphatic hydroxyl groups excluding tert-OH is 1. The SMILES string of the molecule is CC1CN(C(=O)c2ccnc(F)c2)CC(CO)O1. The molecule has 6 heteroatoms. The molecule has 1 aromatic rings. The Morgan fingerprint density at radius 2 is 2.44 bits per heavy atom. The Balaban J connectivity index is 2.13. The second kappa shape index (κ2) is 5.41. The first-order valence-electron chi connectivity index (χ1n) is 5.77. The molecule has 1 aliphatic rings. The first-order valence-corrected chi connectivity index (χ1v) is 5.77. The first kappa shape index (κ1) is 12.9. The lowest BCUT2D eigenvalue weighted by atomic mass is 10.1. The third kappa shape index (κ3) is 2.83. The van der Waals surface area contributed by atoms with Crippen molar-refractivity contribution in [3.63, 3.8) is 0 Å². The third-order valence-corrected chi connectivity index (χ3v) is 2.79. The van der Waals surface area contributed by atoms with Crippen LogP contribution >= 0.6 is 0 Å². The fourth-order valence-electron chi connectivity index (χ4n) is 2.03. The third-order valence-electron chi connectivity index (χ3n) is 2.79. The van der Waals surface area contributed by atoms with Crippen molar-refractivity contribution < 1.29 is 19.0 Å². The van der Waals surface area contributed by atoms with Crippen molar-refractivity contribution in [3.05, 3.63) is 29.8 Å². The number of morpholine rings is 1. The number of nitrogens with zero attached hydrogens (tertiary/aromatic N) is 2. The van der Waals surface area contributed by atoms with E-state index >= 15 is 0 Å². The number of hydrogen-bond donors (Lipinski definition) is 1. The molecular weight excluding hydrogens is 239 g/mol. The Hall–Kier alpha value is -1.53. The maximum atomic E-state index is 13.0. The maximum Gasteiger partial charge on any atom is 0.254 e. The predicted octanol–water partition coefficient (Wildman–Crippen LogP) is 0.443. The summed E-state index contributed by atoms with van der Waals surface area (Å²) < 4.78 is 18.4. The van der Waals surface area contributed by atoms with Crippen LogP contribution in [-0.2, 0) is 4.74 Å². The zero-order valence-electron chi connectivity index (χ0n) is 10.0. The van der Waals surface area contributed by atoms with Crippen LogP contribution in [-0.4, -0.2) is 52.8 Å². The summed E-state index contributed by atoms with van der Waals surface area (Å²) in [4.78, 5) is 17.1. The number of halogens is 1. The minimum atomic E-state index is -0.680. The Morgan fingerprint density at radius 3 is 3.11 bits per heavy atom. The number of carbonyl (C=O) groups is 1. The lowest BCUT2D eigenvalue weighted by Crippen LogP contribution is -2.50. The van der Waals surface area contributed by atoms with Gasteiger partial charge in [-0.15, -0.1) is 0 Å². The van der Waals surface area contributed by atoms with E-state index in [1.54, 1.807) is 4.90 Å². The highest BCUT2D eigenvalue weighted by Gasteiger charge is 2.28. The van der Waals surface area contributed by atoms with E-state index in [4.69, 9.17) is 9.84 Å². The molecule has 2 heterocycles. The van der Waals surface area contributed by atoms with Gasteiger partial charge in [0.1, 0.15) is 0 Å². The molecule has 98 valence electrons. The largest absolute Gasteiger partial charge is 0.394 e. The summed E-state index contributed by atoms with van der Waals surface area (Å²) in [6.45, 7) is 2.43. The van der Waals surface area contributed by atoms with Gasteiger partial charge in [-0.05, 0) is 13.0 Å². The molecule has 18 heavy (non-hydrogen) atoms. The normalized spacial score (nSPS) is 24.1. The molecule has 1 aromatic heterocycles. The van der Waals surface area contributed by atoms with Crippen LogP contribution in [0.2, 0.25) is 0 Å². The number of pyridine rings is 1. The zero-order valence-corrected chi connectivity index (χ0v) is 10.0. The summed E-state index contributed by atoms with van der Waals surface area (Å²) in [5.74, 6) is -0.953. The van der Waals surface area contributed by atoms with Gasteiger partial charge in [0, 0.05) is 30.9 Å². The molecule has 1 N–H and O–H groups in total. The van der Waals surface area contributed by atoms with Gasteiger partial charge in [0.15, 0.2) is 0 Å². The summed E-state index contributed by atoms with van der Waals surface area (Å²) in [6, 6.07) is 2.58. The second-order valence-electron chi connectivity index (χ2n) is 4.33. The highest BCUT2D eigenvalue weighted by Crippen LogP contribution is 2.14. The molecule has 1 saturated heterocycles. The van der Waals surface area contributed by atoms with Gasteiger partial charge in [0.05, 0.1) is 18.8 Å². The van der Waals surface area contributed by atoms with Crippen LogP contribution < -0.4 is 0 Å². The molecule has 2 rings (SSSR count). The Morgan fingerprint density at radius 1 is 1.67 bits per heavy atom. The molecule has 0 radical (unpaired) electrons. The van der Waals surface area contributed by atoms with Crippen molar-refractivity contribution >= 4 is 5.91 Å². The van der Waals surface area contributed by atoms with Crippen molar-refractivity contribution in [2.24, 2.45) is 0 Å². The van der Waals surface area contributed by atoms with E-state index in [2.05, 4.69) is 4.98 Å². The van der Waals surface area contributed by atoms with Crippen LogP contribution in [0.4, 0.5) is 4.39 Å². The van der Waals surface area contributed by atoms with Gasteiger partial charge in [-0.2, -0.15) is 4.39 Å². The van der Waals surface area contributed by atoms with Crippen LogP contribution in [0.5, 0.6) is 0 Å². The van der Waals surface area contributed by atoms with E-state index in [-0.39, 0.29) is 30.3 Å². The summed E-state index contributed by atoms with van der Waals surface area (Å²) in [6.07, 6.45) is 0.728. The van der Waals surface area contributed by atoms with Crippen LogP contribution in [0.25, 0.3) is 0 Å². The second-order valence-corrected chi connectivity index (χ2v) is 4.33. The number of ether oxygens (including phenoxy) is 1. The standard InChI is InChI=1S/C12H15FN2O3/c1-8-5-15(6-10(7-16)18-8)12(17)9-2-3-14-11(13)4-9/h2-4,8,10,16H,5-7H2,1H3. The number of aromatic nitrogens is 1. The van der Waals surface area contributed by atoms with Crippen LogP contribution in [0, 0.1) is 5.95 Å². The molecule has 0 spiro atoms. The molecule has 1 fully saturated rings. The molecule has 2 unspecified atom stereocenters. The van der Waals surface area contributed by atoms with Crippen molar-refractivity contribution in [1.82, 2.24) is 9.88 Å². The highest BCUT2D eigenvalue weighted by atomic mass is 19.1. The lowest BCUT2D eigenvalue weighted by Gasteiger charge is -2.36. The number of amides is 1. The van der Waals surface area contributed by atoms with Gasteiger partial charge in [0.25, 0.3) is 5.91 Å². The minimum Gasteiger partial charge on any atom is -0.394 e. The molecule has 0 saturated carbocycles. The van der Waals surface area contributed by atoms with E-state index in [9.17, 15) is 9.18 Å². The zero-order chi connectivity index (χ0) is 13.1. The molecule has 0 aliphatic carbocycles. The van der Waals surface area contributed by atoms with Crippen molar-refractivity contribution in [3.8, 4) is 0 Å². The molecule has 0 bridgehead atoms. The number of rotatable bonds is 2. The van der Waals surface area contributed by atoms with Gasteiger partial charge in [-0.25, -0.2) is 4.98 Å². The van der Waals surface area contributed by atoms with E-state index < -0.39 is 5.95 Å². The smallest absolute Gasteiger partial charge is 0.254 e. The van der Waals surface area contributed by atoms with E-state index in [0.29, 0.717) is 13.1 Å². The fourth-order valence-corrected chi connectivity index (χ4v) is 2.03. The fraction of sp³-hybridized carbons (Fsp3) is 0.500. The first-order chi connectivity index (χ1) is 8.60. The predicted molar refractivity (Wildman–Crippen MR) is 61.5 cm³/mol. The summed E-state index contributed by atoms with van der Waals surface area (Å²) in [5, 5.41) is 9.09. The van der Waals surface area contributed by atoms with Crippen LogP contribution in [0.15, 0.2) is 18.3 Å². The van der Waals surface area contributed by atoms with E-state index in [1.165, 1.54) is 12.3 Å². The Kier molecular flexibility index (Phi) is 3.88. The number of aliphatic hydroxyl groups is 1. The molecule has 5 nitrogen and oxygen atoms in total. The Bertz CT molecular complexity index is 441. The van der Waals surface area contributed by atoms with E-state index in [1.807, 2.05) is 6.92 Å². The van der Waals surface area contributed by atoms with Crippen LogP contribution in [0.1, 0.15) is 17.3 Å². The van der Waals surface area contributed by atoms with Gasteiger partial charge in [0.2, 0.25) is 5.95 Å². The van der Waals surface area contributed by atoms with Gasteiger partial charge >= 0.3 is 0 Å². The quantitative estimate of drug-likeness (QED) is 0.778. The van der Waals surface area contributed by atoms with Crippen molar-refractivity contribution in [1.29, 1.82) is 0 Å². The van der Waals surface area contributed by atoms with Crippen molar-refractivity contribution in [2.75, 3.05) is 19.7 Å². The highest BCUT2D eigenvalue weighted by molar-refractivity contribution is 5.94. The number of hydrogen-bond acceptors (Lipinski definition) is 4. The van der Waals surface area contributed by atoms with Gasteiger partial charge < -0.3 is 14.7 Å². The molecule has 2 atom stereocenters. The average Bonchev–Trinajstić information content (AvgIpc) is 2.37. The maximum absolute atomic E-state index is 13.0. The summed E-state index contributed by atoms with van der Waals surface area (Å²) in [5.41, 5.74) is 0.258. The topological polar surface area (TPSA) is 62.7 Å². The average molecular weight is 254 g/mol. The molecule has 1 amide bonds. The molecule has 0 aromatic carbocycles. The lowest BCUT2D eigenvalue weighted by molar-refractivity contribution is -0.0858. The van der Waals surface area contributed by atoms with Crippen LogP contribution in [0.3, 0.4) is 0 Å². The van der Waals surface area contributed by atoms with E-state index in [0.717, 1.165) is 6.07 Å². The Labute approximate surface area is 104 Å². The summed E-state index contributed by atoms with van der Waals surface area (Å²) >= 11 is 0.